The molecule has 0 fully saturated rings. The third-order valence-electron chi connectivity index (χ3n) is 2.36. The molecule has 94 valence electrons. The average Bonchev–Trinajstić information content (AvgIpc) is 2.27. The van der Waals surface area contributed by atoms with Crippen LogP contribution >= 0.6 is 23.2 Å². The molecule has 0 amide bonds. The number of halogens is 2. The SMILES string of the molecule is Cc1cc(Oc2cc(Cl)cc(Cl)c2)c(CN)cn1. The summed E-state index contributed by atoms with van der Waals surface area (Å²) in [5.41, 5.74) is 7.33. The molecule has 2 aromatic rings. The van der Waals surface area contributed by atoms with E-state index in [2.05, 4.69) is 4.98 Å². The van der Waals surface area contributed by atoms with Crippen LogP contribution in [0.4, 0.5) is 0 Å². The van der Waals surface area contributed by atoms with Crippen molar-refractivity contribution in [3.05, 3.63) is 51.8 Å². The second-order valence-electron chi connectivity index (χ2n) is 3.84. The zero-order chi connectivity index (χ0) is 13.1. The number of ether oxygens (including phenoxy) is 1. The van der Waals surface area contributed by atoms with E-state index in [-0.39, 0.29) is 0 Å². The van der Waals surface area contributed by atoms with Crippen molar-refractivity contribution in [3.8, 4) is 11.5 Å². The highest BCUT2D eigenvalue weighted by Crippen LogP contribution is 2.30. The fourth-order valence-electron chi connectivity index (χ4n) is 1.53. The number of hydrogen-bond acceptors (Lipinski definition) is 3. The third kappa shape index (κ3) is 3.13. The van der Waals surface area contributed by atoms with E-state index in [1.54, 1.807) is 24.4 Å². The third-order valence-corrected chi connectivity index (χ3v) is 2.80. The first kappa shape index (κ1) is 13.1. The second-order valence-corrected chi connectivity index (χ2v) is 4.72. The van der Waals surface area contributed by atoms with Crippen LogP contribution in [0.5, 0.6) is 11.5 Å². The van der Waals surface area contributed by atoms with Crippen LogP contribution in [0, 0.1) is 6.92 Å². The van der Waals surface area contributed by atoms with E-state index in [0.717, 1.165) is 11.3 Å². The van der Waals surface area contributed by atoms with E-state index in [0.29, 0.717) is 28.1 Å². The Labute approximate surface area is 115 Å². The van der Waals surface area contributed by atoms with Crippen LogP contribution in [0.3, 0.4) is 0 Å². The monoisotopic (exact) mass is 282 g/mol. The molecule has 0 spiro atoms. The lowest BCUT2D eigenvalue weighted by atomic mass is 10.2. The predicted molar refractivity (Wildman–Crippen MR) is 73.4 cm³/mol. The summed E-state index contributed by atoms with van der Waals surface area (Å²) in [7, 11) is 0. The van der Waals surface area contributed by atoms with Crippen LogP contribution in [0.2, 0.25) is 10.0 Å². The smallest absolute Gasteiger partial charge is 0.135 e. The van der Waals surface area contributed by atoms with Gasteiger partial charge in [0, 0.05) is 40.1 Å². The Hall–Kier alpha value is -1.29. The van der Waals surface area contributed by atoms with E-state index in [9.17, 15) is 0 Å². The number of benzene rings is 1. The van der Waals surface area contributed by atoms with E-state index >= 15 is 0 Å². The lowest BCUT2D eigenvalue weighted by Crippen LogP contribution is -2.01. The van der Waals surface area contributed by atoms with Crippen LogP contribution in [0.1, 0.15) is 11.3 Å². The van der Waals surface area contributed by atoms with E-state index in [4.69, 9.17) is 33.7 Å². The van der Waals surface area contributed by atoms with Crippen LogP contribution in [0.15, 0.2) is 30.5 Å². The van der Waals surface area contributed by atoms with Gasteiger partial charge in [-0.25, -0.2) is 0 Å². The summed E-state index contributed by atoms with van der Waals surface area (Å²) < 4.78 is 5.75. The van der Waals surface area contributed by atoms with E-state index < -0.39 is 0 Å². The molecule has 0 unspecified atom stereocenters. The van der Waals surface area contributed by atoms with Crippen molar-refractivity contribution in [2.45, 2.75) is 13.5 Å². The molecule has 1 heterocycles. The molecule has 0 aliphatic heterocycles. The van der Waals surface area contributed by atoms with Gasteiger partial charge in [-0.05, 0) is 25.1 Å². The number of rotatable bonds is 3. The Morgan fingerprint density at radius 2 is 1.83 bits per heavy atom. The highest BCUT2D eigenvalue weighted by atomic mass is 35.5. The average molecular weight is 283 g/mol. The molecule has 0 atom stereocenters. The molecule has 0 saturated carbocycles. The number of hydrogen-bond donors (Lipinski definition) is 1. The summed E-state index contributed by atoms with van der Waals surface area (Å²) in [6, 6.07) is 6.88. The first-order valence-electron chi connectivity index (χ1n) is 5.38. The molecule has 2 rings (SSSR count). The fraction of sp³-hybridized carbons (Fsp3) is 0.154. The number of pyridine rings is 1. The maximum absolute atomic E-state index is 5.92. The van der Waals surface area contributed by atoms with Gasteiger partial charge in [0.25, 0.3) is 0 Å². The zero-order valence-electron chi connectivity index (χ0n) is 9.78. The zero-order valence-corrected chi connectivity index (χ0v) is 11.3. The maximum Gasteiger partial charge on any atom is 0.135 e. The molecule has 1 aromatic heterocycles. The molecule has 0 aliphatic carbocycles. The number of aromatic nitrogens is 1. The van der Waals surface area contributed by atoms with Crippen molar-refractivity contribution < 1.29 is 4.74 Å². The Morgan fingerprint density at radius 3 is 2.44 bits per heavy atom. The number of nitrogens with zero attached hydrogens (tertiary/aromatic N) is 1. The highest BCUT2D eigenvalue weighted by Gasteiger charge is 2.06. The molecule has 0 aliphatic rings. The van der Waals surface area contributed by atoms with Crippen molar-refractivity contribution in [1.82, 2.24) is 4.98 Å². The normalized spacial score (nSPS) is 10.4. The molecule has 1 aromatic carbocycles. The van der Waals surface area contributed by atoms with Gasteiger partial charge in [0.2, 0.25) is 0 Å². The van der Waals surface area contributed by atoms with Crippen molar-refractivity contribution >= 4 is 23.2 Å². The number of aryl methyl sites for hydroxylation is 1. The van der Waals surface area contributed by atoms with Gasteiger partial charge in [0.15, 0.2) is 0 Å². The molecule has 2 N–H and O–H groups in total. The second kappa shape index (κ2) is 5.57. The minimum atomic E-state index is 0.358. The van der Waals surface area contributed by atoms with Crippen LogP contribution in [-0.2, 0) is 6.54 Å². The maximum atomic E-state index is 5.92. The lowest BCUT2D eigenvalue weighted by Gasteiger charge is -2.11. The van der Waals surface area contributed by atoms with Crippen molar-refractivity contribution in [1.29, 1.82) is 0 Å². The highest BCUT2D eigenvalue weighted by molar-refractivity contribution is 6.34. The molecule has 5 heteroatoms. The predicted octanol–water partition coefficient (Wildman–Crippen LogP) is 3.95. The van der Waals surface area contributed by atoms with Gasteiger partial charge in [0.1, 0.15) is 11.5 Å². The molecule has 0 saturated heterocycles. The van der Waals surface area contributed by atoms with E-state index in [1.807, 2.05) is 13.0 Å². The first-order valence-corrected chi connectivity index (χ1v) is 6.13. The van der Waals surface area contributed by atoms with Gasteiger partial charge in [-0.3, -0.25) is 4.98 Å². The minimum Gasteiger partial charge on any atom is -0.457 e. The fourth-order valence-corrected chi connectivity index (χ4v) is 2.03. The van der Waals surface area contributed by atoms with Crippen LogP contribution in [0.25, 0.3) is 0 Å². The van der Waals surface area contributed by atoms with E-state index in [1.165, 1.54) is 0 Å². The summed E-state index contributed by atoms with van der Waals surface area (Å²) in [6.07, 6.45) is 1.71. The Balaban J connectivity index is 2.35. The molecule has 0 radical (unpaired) electrons. The standard InChI is InChI=1S/C13H12Cl2N2O/c1-8-2-13(9(6-16)7-17-8)18-12-4-10(14)3-11(15)5-12/h2-5,7H,6,16H2,1H3. The first-order chi connectivity index (χ1) is 8.58. The summed E-state index contributed by atoms with van der Waals surface area (Å²) in [6.45, 7) is 2.25. The van der Waals surface area contributed by atoms with Crippen molar-refractivity contribution in [3.63, 3.8) is 0 Å². The largest absolute Gasteiger partial charge is 0.457 e. The Morgan fingerprint density at radius 1 is 1.17 bits per heavy atom. The summed E-state index contributed by atoms with van der Waals surface area (Å²) in [4.78, 5) is 4.18. The molecular formula is C13H12Cl2N2O. The van der Waals surface area contributed by atoms with Crippen LogP contribution < -0.4 is 10.5 Å². The summed E-state index contributed by atoms with van der Waals surface area (Å²) >= 11 is 11.8. The lowest BCUT2D eigenvalue weighted by molar-refractivity contribution is 0.475. The topological polar surface area (TPSA) is 48.1 Å². The van der Waals surface area contributed by atoms with Gasteiger partial charge in [-0.15, -0.1) is 0 Å². The summed E-state index contributed by atoms with van der Waals surface area (Å²) in [5, 5.41) is 1.05. The van der Waals surface area contributed by atoms with Gasteiger partial charge in [-0.1, -0.05) is 23.2 Å². The van der Waals surface area contributed by atoms with Crippen molar-refractivity contribution in [2.75, 3.05) is 0 Å². The van der Waals surface area contributed by atoms with Gasteiger partial charge in [0.05, 0.1) is 0 Å². The summed E-state index contributed by atoms with van der Waals surface area (Å²) in [5.74, 6) is 1.25. The molecular weight excluding hydrogens is 271 g/mol. The minimum absolute atomic E-state index is 0.358. The van der Waals surface area contributed by atoms with Crippen molar-refractivity contribution in [2.24, 2.45) is 5.73 Å². The molecule has 3 nitrogen and oxygen atoms in total. The van der Waals surface area contributed by atoms with Crippen LogP contribution in [-0.4, -0.2) is 4.98 Å². The molecule has 18 heavy (non-hydrogen) atoms. The Kier molecular flexibility index (Phi) is 4.07. The molecule has 0 bridgehead atoms. The van der Waals surface area contributed by atoms with Gasteiger partial charge < -0.3 is 10.5 Å². The van der Waals surface area contributed by atoms with Gasteiger partial charge >= 0.3 is 0 Å². The van der Waals surface area contributed by atoms with Gasteiger partial charge in [-0.2, -0.15) is 0 Å². The Bertz CT molecular complexity index is 553. The quantitative estimate of drug-likeness (QED) is 0.927. The number of nitrogens with two attached hydrogens (primary N) is 1.